The lowest BCUT2D eigenvalue weighted by Crippen LogP contribution is -2.07. The minimum absolute atomic E-state index is 0.000140. The van der Waals surface area contributed by atoms with Gasteiger partial charge >= 0.3 is 5.97 Å². The number of thiazole rings is 1. The van der Waals surface area contributed by atoms with Gasteiger partial charge in [-0.2, -0.15) is 0 Å². The summed E-state index contributed by atoms with van der Waals surface area (Å²) in [6.45, 7) is 1.39. The highest BCUT2D eigenvalue weighted by Crippen LogP contribution is 2.17. The molecule has 1 N–H and O–H groups in total. The zero-order valence-corrected chi connectivity index (χ0v) is 12.0. The predicted molar refractivity (Wildman–Crippen MR) is 74.8 cm³/mol. The molecule has 0 aliphatic rings. The summed E-state index contributed by atoms with van der Waals surface area (Å²) < 4.78 is 5.08. The van der Waals surface area contributed by atoms with Crippen LogP contribution in [-0.2, 0) is 16.1 Å². The van der Waals surface area contributed by atoms with Gasteiger partial charge in [0.15, 0.2) is 5.13 Å². The fraction of sp³-hybridized carbons (Fsp3) is 0.167. The molecule has 0 unspecified atom stereocenters. The molecule has 6 nitrogen and oxygen atoms in total. The number of hydrogen-bond acceptors (Lipinski definition) is 6. The largest absolute Gasteiger partial charge is 0.455 e. The first kappa shape index (κ1) is 14.4. The number of hydrogen-bond donors (Lipinski definition) is 1. The summed E-state index contributed by atoms with van der Waals surface area (Å²) in [6, 6.07) is 3.13. The molecule has 0 atom stereocenters. The van der Waals surface area contributed by atoms with Crippen molar-refractivity contribution < 1.29 is 14.3 Å². The zero-order valence-electron chi connectivity index (χ0n) is 10.4. The lowest BCUT2D eigenvalue weighted by atomic mass is 10.3. The Morgan fingerprint density at radius 3 is 3.00 bits per heavy atom. The van der Waals surface area contributed by atoms with Crippen LogP contribution >= 0.6 is 22.9 Å². The third kappa shape index (κ3) is 3.75. The molecule has 8 heteroatoms. The molecule has 0 saturated carbocycles. The van der Waals surface area contributed by atoms with Gasteiger partial charge in [-0.05, 0) is 12.1 Å². The summed E-state index contributed by atoms with van der Waals surface area (Å²) in [4.78, 5) is 30.5. The Bertz CT molecular complexity index is 644. The SMILES string of the molecule is CC(=O)Nc1nc(COC(=O)c2cccnc2Cl)cs1. The Kier molecular flexibility index (Phi) is 4.65. The molecule has 0 aliphatic heterocycles. The van der Waals surface area contributed by atoms with Gasteiger partial charge in [0.1, 0.15) is 11.8 Å². The van der Waals surface area contributed by atoms with Crippen LogP contribution in [0, 0.1) is 0 Å². The van der Waals surface area contributed by atoms with E-state index in [0.29, 0.717) is 10.8 Å². The second-order valence-electron chi connectivity index (χ2n) is 3.74. The Morgan fingerprint density at radius 1 is 1.50 bits per heavy atom. The summed E-state index contributed by atoms with van der Waals surface area (Å²) in [5.41, 5.74) is 0.749. The van der Waals surface area contributed by atoms with E-state index in [1.165, 1.54) is 30.5 Å². The van der Waals surface area contributed by atoms with Crippen LogP contribution in [-0.4, -0.2) is 21.8 Å². The highest BCUT2D eigenvalue weighted by Gasteiger charge is 2.13. The van der Waals surface area contributed by atoms with E-state index in [-0.39, 0.29) is 23.2 Å². The average Bonchev–Trinajstić information content (AvgIpc) is 2.83. The van der Waals surface area contributed by atoms with Crippen molar-refractivity contribution in [2.75, 3.05) is 5.32 Å². The third-order valence-electron chi connectivity index (χ3n) is 2.16. The number of pyridine rings is 1. The summed E-state index contributed by atoms with van der Waals surface area (Å²) in [7, 11) is 0. The zero-order chi connectivity index (χ0) is 14.5. The van der Waals surface area contributed by atoms with E-state index in [0.717, 1.165) is 0 Å². The second kappa shape index (κ2) is 6.44. The standard InChI is InChI=1S/C12H10ClN3O3S/c1-7(17)15-12-16-8(6-20-12)5-19-11(18)9-3-2-4-14-10(9)13/h2-4,6H,5H2,1H3,(H,15,16,17). The van der Waals surface area contributed by atoms with Gasteiger partial charge in [0.25, 0.3) is 0 Å². The summed E-state index contributed by atoms with van der Waals surface area (Å²) in [5, 5.41) is 4.80. The number of anilines is 1. The van der Waals surface area contributed by atoms with Crippen LogP contribution in [0.25, 0.3) is 0 Å². The van der Waals surface area contributed by atoms with Crippen LogP contribution in [0.1, 0.15) is 23.0 Å². The Balaban J connectivity index is 1.95. The van der Waals surface area contributed by atoms with E-state index in [4.69, 9.17) is 16.3 Å². The van der Waals surface area contributed by atoms with Gasteiger partial charge in [-0.15, -0.1) is 11.3 Å². The number of carbonyl (C=O) groups excluding carboxylic acids is 2. The molecule has 2 aromatic heterocycles. The highest BCUT2D eigenvalue weighted by molar-refractivity contribution is 7.13. The fourth-order valence-corrected chi connectivity index (χ4v) is 2.27. The number of esters is 1. The normalized spacial score (nSPS) is 10.1. The number of halogens is 1. The maximum Gasteiger partial charge on any atom is 0.341 e. The Hall–Kier alpha value is -1.99. The molecule has 0 bridgehead atoms. The number of nitrogens with one attached hydrogen (secondary N) is 1. The molecular weight excluding hydrogens is 302 g/mol. The second-order valence-corrected chi connectivity index (χ2v) is 4.96. The van der Waals surface area contributed by atoms with E-state index < -0.39 is 5.97 Å². The van der Waals surface area contributed by atoms with Crippen LogP contribution < -0.4 is 5.32 Å². The van der Waals surface area contributed by atoms with Crippen molar-refractivity contribution in [3.63, 3.8) is 0 Å². The molecular formula is C12H10ClN3O3S. The topological polar surface area (TPSA) is 81.2 Å². The number of nitrogens with zero attached hydrogens (tertiary/aromatic N) is 2. The van der Waals surface area contributed by atoms with Crippen LogP contribution in [0.3, 0.4) is 0 Å². The van der Waals surface area contributed by atoms with Gasteiger partial charge in [0.2, 0.25) is 5.91 Å². The minimum atomic E-state index is -0.572. The Labute approximate surface area is 123 Å². The highest BCUT2D eigenvalue weighted by atomic mass is 35.5. The molecule has 0 radical (unpaired) electrons. The molecule has 2 heterocycles. The number of aromatic nitrogens is 2. The van der Waals surface area contributed by atoms with Crippen LogP contribution in [0.5, 0.6) is 0 Å². The quantitative estimate of drug-likeness (QED) is 0.693. The first-order valence-electron chi connectivity index (χ1n) is 5.56. The van der Waals surface area contributed by atoms with Crippen molar-refractivity contribution in [2.24, 2.45) is 0 Å². The monoisotopic (exact) mass is 311 g/mol. The number of ether oxygens (including phenoxy) is 1. The minimum Gasteiger partial charge on any atom is -0.455 e. The maximum absolute atomic E-state index is 11.8. The molecule has 0 spiro atoms. The Morgan fingerprint density at radius 2 is 2.30 bits per heavy atom. The van der Waals surface area contributed by atoms with Crippen molar-refractivity contribution >= 4 is 39.9 Å². The molecule has 1 amide bonds. The van der Waals surface area contributed by atoms with Gasteiger partial charge in [-0.25, -0.2) is 14.8 Å². The molecule has 20 heavy (non-hydrogen) atoms. The maximum atomic E-state index is 11.8. The lowest BCUT2D eigenvalue weighted by molar-refractivity contribution is -0.114. The van der Waals surface area contributed by atoms with Crippen LogP contribution in [0.4, 0.5) is 5.13 Å². The smallest absolute Gasteiger partial charge is 0.341 e. The summed E-state index contributed by atoms with van der Waals surface area (Å²) >= 11 is 7.04. The van der Waals surface area contributed by atoms with Crippen molar-refractivity contribution in [3.8, 4) is 0 Å². The molecule has 0 aliphatic carbocycles. The van der Waals surface area contributed by atoms with Gasteiger partial charge in [0.05, 0.1) is 11.3 Å². The molecule has 2 rings (SSSR count). The van der Waals surface area contributed by atoms with Crippen molar-refractivity contribution in [3.05, 3.63) is 40.1 Å². The van der Waals surface area contributed by atoms with Gasteiger partial charge in [-0.1, -0.05) is 11.6 Å². The van der Waals surface area contributed by atoms with Crippen molar-refractivity contribution in [2.45, 2.75) is 13.5 Å². The van der Waals surface area contributed by atoms with E-state index in [1.807, 2.05) is 0 Å². The summed E-state index contributed by atoms with van der Waals surface area (Å²) in [6.07, 6.45) is 1.49. The predicted octanol–water partition coefficient (Wildman–Crippen LogP) is 2.51. The molecule has 2 aromatic rings. The van der Waals surface area contributed by atoms with Crippen LogP contribution in [0.2, 0.25) is 5.15 Å². The molecule has 0 fully saturated rings. The van der Waals surface area contributed by atoms with E-state index in [9.17, 15) is 9.59 Å². The first-order valence-corrected chi connectivity index (χ1v) is 6.81. The molecule has 0 saturated heterocycles. The van der Waals surface area contributed by atoms with E-state index >= 15 is 0 Å². The van der Waals surface area contributed by atoms with Gasteiger partial charge in [-0.3, -0.25) is 4.79 Å². The van der Waals surface area contributed by atoms with Crippen LogP contribution in [0.15, 0.2) is 23.7 Å². The van der Waals surface area contributed by atoms with Crippen molar-refractivity contribution in [1.82, 2.24) is 9.97 Å². The van der Waals surface area contributed by atoms with Gasteiger partial charge in [0, 0.05) is 18.5 Å². The third-order valence-corrected chi connectivity index (χ3v) is 3.27. The summed E-state index contributed by atoms with van der Waals surface area (Å²) in [5.74, 6) is -0.776. The number of carbonyl (C=O) groups is 2. The number of amides is 1. The fourth-order valence-electron chi connectivity index (χ4n) is 1.34. The first-order chi connectivity index (χ1) is 9.56. The van der Waals surface area contributed by atoms with E-state index in [1.54, 1.807) is 11.4 Å². The average molecular weight is 312 g/mol. The van der Waals surface area contributed by atoms with E-state index in [2.05, 4.69) is 15.3 Å². The number of rotatable bonds is 4. The van der Waals surface area contributed by atoms with Crippen molar-refractivity contribution in [1.29, 1.82) is 0 Å². The molecule has 0 aromatic carbocycles. The molecule has 104 valence electrons. The van der Waals surface area contributed by atoms with Gasteiger partial charge < -0.3 is 10.1 Å². The lowest BCUT2D eigenvalue weighted by Gasteiger charge is -2.03.